The highest BCUT2D eigenvalue weighted by molar-refractivity contribution is 7.93. The van der Waals surface area contributed by atoms with Crippen molar-refractivity contribution in [3.8, 4) is 17.4 Å². The van der Waals surface area contributed by atoms with Crippen LogP contribution < -0.4 is 10.0 Å². The van der Waals surface area contributed by atoms with Crippen LogP contribution in [0.25, 0.3) is 27.7 Å². The van der Waals surface area contributed by atoms with E-state index in [4.69, 9.17) is 13.9 Å². The number of nitriles is 1. The van der Waals surface area contributed by atoms with Gasteiger partial charge in [0.2, 0.25) is 0 Å². The SMILES string of the molecule is CC[C@H]1OC(O)[C@H](NS(=O)(=O)/C(C#N)=C(\C)c2ccc(-c3ccc4cc(NCCN5CCOCC5)ccc4c3)o2)[C@@H](O)[C@@H]1O. The first-order valence-electron chi connectivity index (χ1n) is 14.6. The van der Waals surface area contributed by atoms with Crippen LogP contribution in [0.2, 0.25) is 0 Å². The van der Waals surface area contributed by atoms with E-state index in [0.717, 1.165) is 61.4 Å². The van der Waals surface area contributed by atoms with Gasteiger partial charge in [0.1, 0.15) is 35.8 Å². The van der Waals surface area contributed by atoms with E-state index >= 15 is 0 Å². The third-order valence-corrected chi connectivity index (χ3v) is 9.60. The molecular weight excluding hydrogens is 588 g/mol. The van der Waals surface area contributed by atoms with Gasteiger partial charge in [-0.3, -0.25) is 4.90 Å². The molecule has 0 spiro atoms. The van der Waals surface area contributed by atoms with Gasteiger partial charge < -0.3 is 34.5 Å². The van der Waals surface area contributed by atoms with Gasteiger partial charge in [-0.15, -0.1) is 0 Å². The monoisotopic (exact) mass is 626 g/mol. The van der Waals surface area contributed by atoms with Crippen LogP contribution in [0.3, 0.4) is 0 Å². The Bertz CT molecular complexity index is 1640. The van der Waals surface area contributed by atoms with Crippen LogP contribution in [0.15, 0.2) is 57.9 Å². The predicted molar refractivity (Wildman–Crippen MR) is 165 cm³/mol. The summed E-state index contributed by atoms with van der Waals surface area (Å²) in [5, 5.41) is 46.3. The first-order chi connectivity index (χ1) is 21.1. The lowest BCUT2D eigenvalue weighted by Crippen LogP contribution is -2.63. The summed E-state index contributed by atoms with van der Waals surface area (Å²) in [5.74, 6) is 0.644. The van der Waals surface area contributed by atoms with Crippen molar-refractivity contribution in [2.45, 2.75) is 50.9 Å². The van der Waals surface area contributed by atoms with Crippen LogP contribution in [-0.4, -0.2) is 98.7 Å². The molecule has 12 nitrogen and oxygen atoms in total. The molecule has 2 fully saturated rings. The van der Waals surface area contributed by atoms with E-state index in [1.807, 2.05) is 30.3 Å². The minimum atomic E-state index is -4.55. The fourth-order valence-corrected chi connectivity index (χ4v) is 6.85. The van der Waals surface area contributed by atoms with Crippen LogP contribution in [0.4, 0.5) is 5.69 Å². The van der Waals surface area contributed by atoms with Crippen LogP contribution in [0.1, 0.15) is 26.0 Å². The normalized spacial score (nSPS) is 25.4. The molecule has 5 N–H and O–H groups in total. The molecule has 1 aromatic heterocycles. The molecular formula is C31H38N4O8S. The van der Waals surface area contributed by atoms with E-state index in [-0.39, 0.29) is 11.3 Å². The minimum absolute atomic E-state index is 0.0347. The number of morpholine rings is 1. The average Bonchev–Trinajstić information content (AvgIpc) is 3.52. The Morgan fingerprint density at radius 1 is 1.05 bits per heavy atom. The van der Waals surface area contributed by atoms with Crippen molar-refractivity contribution in [2.75, 3.05) is 44.7 Å². The number of fused-ring (bicyclic) bond motifs is 1. The van der Waals surface area contributed by atoms with Crippen LogP contribution in [0, 0.1) is 11.3 Å². The molecule has 236 valence electrons. The summed E-state index contributed by atoms with van der Waals surface area (Å²) < 4.78 is 45.1. The number of nitrogens with one attached hydrogen (secondary N) is 2. The molecule has 13 heteroatoms. The van der Waals surface area contributed by atoms with Crippen LogP contribution >= 0.6 is 0 Å². The summed E-state index contributed by atoms with van der Waals surface area (Å²) in [5.41, 5.74) is 1.83. The number of benzene rings is 2. The highest BCUT2D eigenvalue weighted by atomic mass is 32.2. The van der Waals surface area contributed by atoms with Gasteiger partial charge in [-0.1, -0.05) is 25.1 Å². The molecule has 0 aliphatic carbocycles. The Kier molecular flexibility index (Phi) is 10.0. The largest absolute Gasteiger partial charge is 0.456 e. The molecule has 5 atom stereocenters. The highest BCUT2D eigenvalue weighted by Gasteiger charge is 2.45. The molecule has 2 saturated heterocycles. The summed E-state index contributed by atoms with van der Waals surface area (Å²) in [6.07, 6.45) is -5.37. The maximum atomic E-state index is 13.2. The first-order valence-corrected chi connectivity index (χ1v) is 16.1. The van der Waals surface area contributed by atoms with Crippen molar-refractivity contribution < 1.29 is 37.6 Å². The first kappa shape index (κ1) is 32.1. The van der Waals surface area contributed by atoms with E-state index in [0.29, 0.717) is 12.2 Å². The van der Waals surface area contributed by atoms with Gasteiger partial charge >= 0.3 is 0 Å². The maximum absolute atomic E-state index is 13.2. The smallest absolute Gasteiger partial charge is 0.251 e. The third kappa shape index (κ3) is 6.98. The molecule has 5 rings (SSSR count). The van der Waals surface area contributed by atoms with Gasteiger partial charge in [-0.05, 0) is 54.4 Å². The van der Waals surface area contributed by atoms with Gasteiger partial charge in [0, 0.05) is 43.0 Å². The summed E-state index contributed by atoms with van der Waals surface area (Å²) in [6.45, 7) is 8.35. The summed E-state index contributed by atoms with van der Waals surface area (Å²) in [4.78, 5) is 1.72. The number of sulfonamides is 1. The molecule has 1 unspecified atom stereocenters. The van der Waals surface area contributed by atoms with Crippen molar-refractivity contribution in [1.29, 1.82) is 5.26 Å². The Morgan fingerprint density at radius 3 is 2.50 bits per heavy atom. The lowest BCUT2D eigenvalue weighted by molar-refractivity contribution is -0.244. The summed E-state index contributed by atoms with van der Waals surface area (Å²) in [7, 11) is -4.55. The quantitative estimate of drug-likeness (QED) is 0.209. The van der Waals surface area contributed by atoms with Gasteiger partial charge in [0.15, 0.2) is 11.2 Å². The fourth-order valence-electron chi connectivity index (χ4n) is 5.49. The van der Waals surface area contributed by atoms with Crippen molar-refractivity contribution in [2.24, 2.45) is 0 Å². The Morgan fingerprint density at radius 2 is 1.77 bits per heavy atom. The number of aliphatic hydroxyl groups excluding tert-OH is 3. The van der Waals surface area contributed by atoms with Gasteiger partial charge in [-0.2, -0.15) is 9.98 Å². The zero-order valence-corrected chi connectivity index (χ0v) is 25.5. The van der Waals surface area contributed by atoms with Crippen molar-refractivity contribution in [3.05, 3.63) is 59.2 Å². The molecule has 2 aliphatic rings. The molecule has 0 bridgehead atoms. The van der Waals surface area contributed by atoms with E-state index in [1.54, 1.807) is 25.1 Å². The topological polar surface area (TPSA) is 178 Å². The van der Waals surface area contributed by atoms with E-state index < -0.39 is 45.6 Å². The number of nitrogens with zero attached hydrogens (tertiary/aromatic N) is 2. The Hall–Kier alpha value is -3.32. The second-order valence-electron chi connectivity index (χ2n) is 11.0. The molecule has 2 aliphatic heterocycles. The maximum Gasteiger partial charge on any atom is 0.251 e. The molecule has 3 aromatic rings. The standard InChI is InChI=1S/C31H38N4O8S/c1-3-24-29(36)30(37)28(31(38)43-24)34-44(39,40)27(18-32)19(2)25-8-9-26(42-25)22-5-4-21-17-23(7-6-20(21)16-22)33-10-11-35-12-14-41-15-13-35/h4-9,16-17,24,28-31,33-34,36-38H,3,10-15H2,1-2H3/b27-19+/t24-,28-,29-,30-,31?/m1/s1. The number of furan rings is 1. The molecule has 0 amide bonds. The second-order valence-corrected chi connectivity index (χ2v) is 12.6. The van der Waals surface area contributed by atoms with E-state index in [1.165, 1.54) is 6.92 Å². The minimum Gasteiger partial charge on any atom is -0.456 e. The third-order valence-electron chi connectivity index (χ3n) is 8.09. The van der Waals surface area contributed by atoms with Gasteiger partial charge in [0.05, 0.1) is 19.3 Å². The van der Waals surface area contributed by atoms with Gasteiger partial charge in [0.25, 0.3) is 10.0 Å². The number of ether oxygens (including phenoxy) is 2. The molecule has 0 saturated carbocycles. The molecule has 0 radical (unpaired) electrons. The number of allylic oxidation sites excluding steroid dienone is 2. The van der Waals surface area contributed by atoms with Crippen LogP contribution in [-0.2, 0) is 19.5 Å². The van der Waals surface area contributed by atoms with Crippen molar-refractivity contribution >= 4 is 32.1 Å². The lowest BCUT2D eigenvalue weighted by atomic mass is 9.96. The van der Waals surface area contributed by atoms with Gasteiger partial charge in [-0.25, -0.2) is 8.42 Å². The zero-order valence-electron chi connectivity index (χ0n) is 24.6. The van der Waals surface area contributed by atoms with E-state index in [9.17, 15) is 29.0 Å². The van der Waals surface area contributed by atoms with E-state index in [2.05, 4.69) is 21.0 Å². The number of hydrogen-bond acceptors (Lipinski definition) is 11. The lowest BCUT2D eigenvalue weighted by Gasteiger charge is -2.40. The Balaban J connectivity index is 1.30. The number of anilines is 1. The molecule has 3 heterocycles. The highest BCUT2D eigenvalue weighted by Crippen LogP contribution is 2.32. The second kappa shape index (κ2) is 13.8. The summed E-state index contributed by atoms with van der Waals surface area (Å²) in [6, 6.07) is 15.4. The molecule has 2 aromatic carbocycles. The Labute approximate surface area is 256 Å². The number of rotatable bonds is 10. The molecule has 44 heavy (non-hydrogen) atoms. The van der Waals surface area contributed by atoms with Crippen molar-refractivity contribution in [3.63, 3.8) is 0 Å². The number of aliphatic hydroxyl groups is 3. The number of hydrogen-bond donors (Lipinski definition) is 5. The van der Waals surface area contributed by atoms with Crippen LogP contribution in [0.5, 0.6) is 0 Å². The predicted octanol–water partition coefficient (Wildman–Crippen LogP) is 2.24. The summed E-state index contributed by atoms with van der Waals surface area (Å²) >= 11 is 0. The van der Waals surface area contributed by atoms with Crippen molar-refractivity contribution in [1.82, 2.24) is 9.62 Å². The zero-order chi connectivity index (χ0) is 31.4. The fraction of sp³-hybridized carbons (Fsp3) is 0.452. The average molecular weight is 627 g/mol.